The maximum atomic E-state index is 12.9. The molecular formula is C60H97N2O6P. The molecule has 0 aromatic heterocycles. The number of amides is 1. The molecule has 69 heavy (non-hydrogen) atoms. The fourth-order valence-electron chi connectivity index (χ4n) is 6.39. The van der Waals surface area contributed by atoms with Crippen molar-refractivity contribution in [3.05, 3.63) is 158 Å². The minimum atomic E-state index is -4.61. The number of carbonyl (C=O) groups excluding carboxylic acids is 1. The number of nitrogens with zero attached hydrogens (tertiary/aromatic N) is 1. The van der Waals surface area contributed by atoms with Crippen LogP contribution in [0.15, 0.2) is 158 Å². The molecule has 3 atom stereocenters. The Labute approximate surface area is 422 Å². The molecule has 0 heterocycles. The quantitative estimate of drug-likeness (QED) is 0.0272. The van der Waals surface area contributed by atoms with E-state index in [4.69, 9.17) is 9.05 Å². The third-order valence-corrected chi connectivity index (χ3v) is 11.4. The highest BCUT2D eigenvalue weighted by atomic mass is 31.2. The van der Waals surface area contributed by atoms with Crippen molar-refractivity contribution >= 4 is 13.7 Å². The van der Waals surface area contributed by atoms with Crippen molar-refractivity contribution in [2.24, 2.45) is 0 Å². The van der Waals surface area contributed by atoms with Gasteiger partial charge in [0.05, 0.1) is 39.9 Å². The molecule has 1 amide bonds. The minimum Gasteiger partial charge on any atom is -0.756 e. The van der Waals surface area contributed by atoms with Gasteiger partial charge >= 0.3 is 0 Å². The summed E-state index contributed by atoms with van der Waals surface area (Å²) in [6.07, 6.45) is 77.6. The van der Waals surface area contributed by atoms with E-state index in [9.17, 15) is 19.4 Å². The van der Waals surface area contributed by atoms with Crippen LogP contribution in [-0.4, -0.2) is 68.5 Å². The lowest BCUT2D eigenvalue weighted by molar-refractivity contribution is -0.870. The fraction of sp³-hybridized carbons (Fsp3) is 0.550. The standard InChI is InChI=1S/C60H97N2O6P/c1-6-8-10-12-14-16-18-19-20-21-22-23-24-25-26-27-28-29-30-31-32-33-34-35-36-37-38-39-40-41-42-43-44-46-48-50-52-54-60(64)61-58(57-68-69(65,66)67-56-55-62(3,4)5)59(63)53-51-49-47-45-17-15-13-11-9-7-2/h8-11,14,16-17,19-20,22-23,25-26,28-29,31-32,34-35,37-38,40-41,45,51,53,58-59,63H,6-7,12-13,15,18,21,24,27,30,33,36,39,42-44,46-50,52,54-57H2,1-5H3,(H-,61,64,65,66)/b10-8-,11-9+,16-14-,20-19-,23-22-,26-25-,29-28-,32-31-,35-34-,38-37-,41-40-,45-17+,53-51+. The number of phosphoric ester groups is 1. The summed E-state index contributed by atoms with van der Waals surface area (Å²) in [5.41, 5.74) is 0. The van der Waals surface area contributed by atoms with Gasteiger partial charge in [-0.2, -0.15) is 0 Å². The number of hydrogen-bond donors (Lipinski definition) is 2. The highest BCUT2D eigenvalue weighted by molar-refractivity contribution is 7.45. The third kappa shape index (κ3) is 51.8. The van der Waals surface area contributed by atoms with Gasteiger partial charge in [-0.1, -0.05) is 198 Å². The smallest absolute Gasteiger partial charge is 0.268 e. The van der Waals surface area contributed by atoms with Crippen molar-refractivity contribution in [1.82, 2.24) is 5.32 Å². The molecule has 0 fully saturated rings. The molecule has 8 nitrogen and oxygen atoms in total. The van der Waals surface area contributed by atoms with Crippen molar-refractivity contribution in [1.29, 1.82) is 0 Å². The van der Waals surface area contributed by atoms with Gasteiger partial charge in [0.15, 0.2) is 0 Å². The van der Waals surface area contributed by atoms with E-state index in [0.29, 0.717) is 23.9 Å². The number of rotatable bonds is 45. The van der Waals surface area contributed by atoms with Gasteiger partial charge in [0, 0.05) is 6.42 Å². The van der Waals surface area contributed by atoms with E-state index in [2.05, 4.69) is 165 Å². The number of carbonyl (C=O) groups is 1. The zero-order chi connectivity index (χ0) is 50.6. The number of phosphoric acid groups is 1. The van der Waals surface area contributed by atoms with Crippen LogP contribution in [0.1, 0.15) is 162 Å². The molecule has 0 aromatic rings. The summed E-state index contributed by atoms with van der Waals surface area (Å²) in [6, 6.07) is -0.928. The largest absolute Gasteiger partial charge is 0.756 e. The highest BCUT2D eigenvalue weighted by Crippen LogP contribution is 2.38. The second kappa shape index (κ2) is 49.1. The van der Waals surface area contributed by atoms with Crippen molar-refractivity contribution in [2.45, 2.75) is 174 Å². The van der Waals surface area contributed by atoms with Crippen LogP contribution in [0, 0.1) is 0 Å². The average molecular weight is 973 g/mol. The third-order valence-electron chi connectivity index (χ3n) is 10.5. The van der Waals surface area contributed by atoms with Crippen LogP contribution in [0.5, 0.6) is 0 Å². The van der Waals surface area contributed by atoms with Crippen molar-refractivity contribution in [3.8, 4) is 0 Å². The van der Waals surface area contributed by atoms with E-state index in [1.165, 1.54) is 0 Å². The molecule has 0 aliphatic rings. The Bertz CT molecular complexity index is 1670. The first-order valence-corrected chi connectivity index (χ1v) is 27.8. The van der Waals surface area contributed by atoms with E-state index in [-0.39, 0.29) is 12.5 Å². The second-order valence-electron chi connectivity index (χ2n) is 18.1. The Balaban J connectivity index is 4.19. The normalized spacial score (nSPS) is 15.3. The maximum Gasteiger partial charge on any atom is 0.268 e. The first kappa shape index (κ1) is 65.1. The molecule has 0 aliphatic heterocycles. The lowest BCUT2D eigenvalue weighted by atomic mass is 10.1. The summed E-state index contributed by atoms with van der Waals surface area (Å²) in [6.45, 7) is 4.32. The fourth-order valence-corrected chi connectivity index (χ4v) is 7.12. The Morgan fingerprint density at radius 3 is 1.29 bits per heavy atom. The summed E-state index contributed by atoms with van der Waals surface area (Å²) in [7, 11) is 1.19. The zero-order valence-corrected chi connectivity index (χ0v) is 44.8. The van der Waals surface area contributed by atoms with E-state index >= 15 is 0 Å². The van der Waals surface area contributed by atoms with Crippen LogP contribution in [0.25, 0.3) is 0 Å². The Morgan fingerprint density at radius 2 is 0.855 bits per heavy atom. The number of aliphatic hydroxyl groups is 1. The maximum absolute atomic E-state index is 12.9. The Kier molecular flexibility index (Phi) is 46.4. The van der Waals surface area contributed by atoms with E-state index in [1.807, 2.05) is 27.2 Å². The number of unbranched alkanes of at least 4 members (excludes halogenated alkanes) is 8. The second-order valence-corrected chi connectivity index (χ2v) is 19.5. The lowest BCUT2D eigenvalue weighted by Gasteiger charge is -2.29. The molecule has 0 rings (SSSR count). The molecular weight excluding hydrogens is 876 g/mol. The van der Waals surface area contributed by atoms with E-state index in [1.54, 1.807) is 6.08 Å². The molecule has 9 heteroatoms. The number of likely N-dealkylation sites (N-methyl/N-ethyl adjacent to an activating group) is 1. The van der Waals surface area contributed by atoms with Crippen LogP contribution < -0.4 is 10.2 Å². The topological polar surface area (TPSA) is 108 Å². The summed E-state index contributed by atoms with van der Waals surface area (Å²) < 4.78 is 23.1. The van der Waals surface area contributed by atoms with Gasteiger partial charge in [-0.05, 0) is 116 Å². The predicted octanol–water partition coefficient (Wildman–Crippen LogP) is 15.3. The molecule has 0 aromatic carbocycles. The van der Waals surface area contributed by atoms with Crippen LogP contribution >= 0.6 is 7.82 Å². The Morgan fingerprint density at radius 1 is 0.507 bits per heavy atom. The van der Waals surface area contributed by atoms with Gasteiger partial charge < -0.3 is 28.8 Å². The zero-order valence-electron chi connectivity index (χ0n) is 43.9. The van der Waals surface area contributed by atoms with Gasteiger partial charge in [-0.15, -0.1) is 0 Å². The van der Waals surface area contributed by atoms with Crippen LogP contribution in [0.3, 0.4) is 0 Å². The summed E-state index contributed by atoms with van der Waals surface area (Å²) >= 11 is 0. The number of allylic oxidation sites excluding steroid dienone is 25. The molecule has 0 saturated carbocycles. The molecule has 0 aliphatic carbocycles. The summed E-state index contributed by atoms with van der Waals surface area (Å²) in [5, 5.41) is 13.7. The summed E-state index contributed by atoms with van der Waals surface area (Å²) in [4.78, 5) is 25.3. The molecule has 2 N–H and O–H groups in total. The minimum absolute atomic E-state index is 0.0215. The van der Waals surface area contributed by atoms with Crippen LogP contribution in [0.4, 0.5) is 0 Å². The number of hydrogen-bond acceptors (Lipinski definition) is 6. The number of aliphatic hydroxyl groups excluding tert-OH is 1. The first-order valence-electron chi connectivity index (χ1n) is 26.3. The predicted molar refractivity (Wildman–Crippen MR) is 297 cm³/mol. The van der Waals surface area contributed by atoms with Gasteiger partial charge in [-0.3, -0.25) is 9.36 Å². The van der Waals surface area contributed by atoms with Crippen molar-refractivity contribution in [2.75, 3.05) is 40.9 Å². The molecule has 0 radical (unpaired) electrons. The molecule has 0 saturated heterocycles. The molecule has 388 valence electrons. The number of nitrogens with one attached hydrogen (secondary N) is 1. The summed E-state index contributed by atoms with van der Waals surface area (Å²) in [5.74, 6) is -0.237. The SMILES string of the molecule is CC/C=C\C/C=C\C/C=C\C/C=C\C/C=C\C/C=C\C/C=C\C/C=C\C/C=C\C/C=C\CCCCCCCCC(=O)NC(COP(=O)([O-])OCC[N+](C)(C)C)C(O)/C=C/CC/C=C/CC/C=C/CC. The van der Waals surface area contributed by atoms with E-state index in [0.717, 1.165) is 135 Å². The van der Waals surface area contributed by atoms with E-state index < -0.39 is 26.6 Å². The van der Waals surface area contributed by atoms with Gasteiger partial charge in [0.25, 0.3) is 7.82 Å². The highest BCUT2D eigenvalue weighted by Gasteiger charge is 2.23. The lowest BCUT2D eigenvalue weighted by Crippen LogP contribution is -2.45. The number of quaternary nitrogens is 1. The molecule has 3 unspecified atom stereocenters. The first-order chi connectivity index (χ1) is 33.5. The van der Waals surface area contributed by atoms with Crippen molar-refractivity contribution < 1.29 is 32.9 Å². The average Bonchev–Trinajstić information content (AvgIpc) is 3.31. The van der Waals surface area contributed by atoms with Gasteiger partial charge in [-0.25, -0.2) is 0 Å². The van der Waals surface area contributed by atoms with Gasteiger partial charge in [0.1, 0.15) is 13.2 Å². The van der Waals surface area contributed by atoms with Gasteiger partial charge in [0.2, 0.25) is 5.91 Å². The van der Waals surface area contributed by atoms with Crippen LogP contribution in [-0.2, 0) is 18.4 Å². The monoisotopic (exact) mass is 973 g/mol. The van der Waals surface area contributed by atoms with Crippen molar-refractivity contribution in [3.63, 3.8) is 0 Å². The molecule has 0 bridgehead atoms. The van der Waals surface area contributed by atoms with Crippen LogP contribution in [0.2, 0.25) is 0 Å². The Hall–Kier alpha value is -3.88. The molecule has 0 spiro atoms.